The van der Waals surface area contributed by atoms with Crippen molar-refractivity contribution in [3.05, 3.63) is 12.3 Å². The normalized spacial score (nSPS) is 15.2. The number of ether oxygens (including phenoxy) is 1. The number of anilines is 2. The number of hydrogen-bond acceptors (Lipinski definition) is 6. The zero-order valence-corrected chi connectivity index (χ0v) is 14.8. The number of unbranched alkanes of at least 4 members (excludes halogenated alkanes) is 2. The molecule has 0 aliphatic carbocycles. The summed E-state index contributed by atoms with van der Waals surface area (Å²) in [6.07, 6.45) is 6.88. The largest absolute Gasteiger partial charge is 0.450 e. The number of carbonyl (C=O) groups is 1. The number of piperidine rings is 1. The summed E-state index contributed by atoms with van der Waals surface area (Å²) in [7, 11) is 0. The van der Waals surface area contributed by atoms with Gasteiger partial charge in [-0.15, -0.1) is 0 Å². The van der Waals surface area contributed by atoms with Crippen LogP contribution in [0.1, 0.15) is 46.0 Å². The molecule has 134 valence electrons. The van der Waals surface area contributed by atoms with Crippen molar-refractivity contribution in [2.45, 2.75) is 52.0 Å². The van der Waals surface area contributed by atoms with Gasteiger partial charge in [-0.25, -0.2) is 9.78 Å². The summed E-state index contributed by atoms with van der Waals surface area (Å²) in [5, 5.41) is 6.71. The molecule has 0 radical (unpaired) electrons. The smallest absolute Gasteiger partial charge is 0.409 e. The molecular formula is C17H29N5O2. The van der Waals surface area contributed by atoms with Gasteiger partial charge in [0.2, 0.25) is 5.95 Å². The number of nitrogens with zero attached hydrogens (tertiary/aromatic N) is 3. The monoisotopic (exact) mass is 335 g/mol. The van der Waals surface area contributed by atoms with E-state index >= 15 is 0 Å². The average molecular weight is 335 g/mol. The molecule has 7 heteroatoms. The van der Waals surface area contributed by atoms with Crippen LogP contribution in [-0.4, -0.2) is 53.2 Å². The Bertz CT molecular complexity index is 504. The molecule has 0 saturated carbocycles. The number of rotatable bonds is 8. The molecule has 2 heterocycles. The van der Waals surface area contributed by atoms with Crippen LogP contribution in [0.25, 0.3) is 0 Å². The van der Waals surface area contributed by atoms with Crippen molar-refractivity contribution in [3.8, 4) is 0 Å². The zero-order valence-electron chi connectivity index (χ0n) is 14.8. The van der Waals surface area contributed by atoms with Gasteiger partial charge in [-0.05, 0) is 32.3 Å². The Morgan fingerprint density at radius 2 is 2.12 bits per heavy atom. The summed E-state index contributed by atoms with van der Waals surface area (Å²) in [5.41, 5.74) is 0. The Morgan fingerprint density at radius 1 is 1.33 bits per heavy atom. The number of carbonyl (C=O) groups excluding carboxylic acids is 1. The quantitative estimate of drug-likeness (QED) is 0.711. The highest BCUT2D eigenvalue weighted by Crippen LogP contribution is 2.16. The Hall–Kier alpha value is -2.05. The summed E-state index contributed by atoms with van der Waals surface area (Å²) in [6.45, 7) is 6.77. The molecule has 0 bridgehead atoms. The van der Waals surface area contributed by atoms with Gasteiger partial charge < -0.3 is 20.3 Å². The maximum Gasteiger partial charge on any atom is 0.409 e. The molecule has 0 aromatic carbocycles. The number of nitrogens with one attached hydrogen (secondary N) is 2. The number of amides is 1. The molecule has 2 rings (SSSR count). The fraction of sp³-hybridized carbons (Fsp3) is 0.706. The summed E-state index contributed by atoms with van der Waals surface area (Å²) < 4.78 is 5.04. The summed E-state index contributed by atoms with van der Waals surface area (Å²) in [4.78, 5) is 22.3. The minimum Gasteiger partial charge on any atom is -0.450 e. The summed E-state index contributed by atoms with van der Waals surface area (Å²) >= 11 is 0. The second-order valence-electron chi connectivity index (χ2n) is 6.00. The predicted octanol–water partition coefficient (Wildman–Crippen LogP) is 3.11. The molecule has 0 spiro atoms. The molecule has 2 N–H and O–H groups in total. The van der Waals surface area contributed by atoms with Crippen LogP contribution in [-0.2, 0) is 4.74 Å². The van der Waals surface area contributed by atoms with Crippen LogP contribution in [0, 0.1) is 0 Å². The first kappa shape index (κ1) is 18.3. The van der Waals surface area contributed by atoms with Crippen LogP contribution >= 0.6 is 0 Å². The summed E-state index contributed by atoms with van der Waals surface area (Å²) in [6, 6.07) is 2.17. The van der Waals surface area contributed by atoms with E-state index in [9.17, 15) is 4.79 Å². The van der Waals surface area contributed by atoms with E-state index in [2.05, 4.69) is 27.5 Å². The Balaban J connectivity index is 1.77. The van der Waals surface area contributed by atoms with Gasteiger partial charge in [0.15, 0.2) is 0 Å². The summed E-state index contributed by atoms with van der Waals surface area (Å²) in [5.74, 6) is 1.50. The van der Waals surface area contributed by atoms with E-state index in [1.165, 1.54) is 12.8 Å². The highest BCUT2D eigenvalue weighted by molar-refractivity contribution is 5.67. The Morgan fingerprint density at radius 3 is 2.83 bits per heavy atom. The van der Waals surface area contributed by atoms with Crippen LogP contribution in [0.2, 0.25) is 0 Å². The number of likely N-dealkylation sites (tertiary alicyclic amines) is 1. The van der Waals surface area contributed by atoms with Gasteiger partial charge in [0.05, 0.1) is 6.61 Å². The molecule has 1 fully saturated rings. The van der Waals surface area contributed by atoms with E-state index in [4.69, 9.17) is 4.74 Å². The van der Waals surface area contributed by atoms with E-state index in [0.29, 0.717) is 25.6 Å². The zero-order chi connectivity index (χ0) is 17.2. The van der Waals surface area contributed by atoms with E-state index < -0.39 is 0 Å². The van der Waals surface area contributed by atoms with Crippen LogP contribution in [0.4, 0.5) is 16.6 Å². The topological polar surface area (TPSA) is 79.4 Å². The standard InChI is InChI=1S/C17H29N5O2/c1-3-5-6-10-18-15-7-11-19-16(21-15)20-14-8-12-22(13-9-14)17(23)24-4-2/h7,11,14H,3-6,8-10,12-13H2,1-2H3,(H2,18,19,20,21). The first-order valence-electron chi connectivity index (χ1n) is 8.98. The molecule has 0 unspecified atom stereocenters. The maximum atomic E-state index is 11.7. The van der Waals surface area contributed by atoms with Crippen molar-refractivity contribution in [3.63, 3.8) is 0 Å². The third-order valence-corrected chi connectivity index (χ3v) is 4.10. The van der Waals surface area contributed by atoms with E-state index in [1.807, 2.05) is 13.0 Å². The molecule has 1 aromatic heterocycles. The average Bonchev–Trinajstić information content (AvgIpc) is 2.60. The molecule has 0 atom stereocenters. The van der Waals surface area contributed by atoms with Crippen LogP contribution in [0.5, 0.6) is 0 Å². The van der Waals surface area contributed by atoms with E-state index in [1.54, 1.807) is 11.1 Å². The lowest BCUT2D eigenvalue weighted by Gasteiger charge is -2.31. The highest BCUT2D eigenvalue weighted by atomic mass is 16.6. The van der Waals surface area contributed by atoms with Crippen molar-refractivity contribution in [1.29, 1.82) is 0 Å². The number of hydrogen-bond donors (Lipinski definition) is 2. The molecule has 1 amide bonds. The van der Waals surface area contributed by atoms with Crippen molar-refractivity contribution in [2.75, 3.05) is 36.9 Å². The van der Waals surface area contributed by atoms with Crippen LogP contribution in [0.3, 0.4) is 0 Å². The molecule has 1 aromatic rings. The lowest BCUT2D eigenvalue weighted by Crippen LogP contribution is -2.42. The van der Waals surface area contributed by atoms with Crippen molar-refractivity contribution in [2.24, 2.45) is 0 Å². The number of aromatic nitrogens is 2. The predicted molar refractivity (Wildman–Crippen MR) is 95.3 cm³/mol. The van der Waals surface area contributed by atoms with E-state index in [-0.39, 0.29) is 12.1 Å². The van der Waals surface area contributed by atoms with Crippen LogP contribution < -0.4 is 10.6 Å². The molecule has 1 saturated heterocycles. The van der Waals surface area contributed by atoms with Gasteiger partial charge in [0, 0.05) is 31.9 Å². The first-order valence-corrected chi connectivity index (χ1v) is 8.98. The van der Waals surface area contributed by atoms with Crippen molar-refractivity contribution >= 4 is 17.9 Å². The lowest BCUT2D eigenvalue weighted by atomic mass is 10.1. The van der Waals surface area contributed by atoms with Gasteiger partial charge in [0.1, 0.15) is 5.82 Å². The minimum absolute atomic E-state index is 0.217. The fourth-order valence-corrected chi connectivity index (χ4v) is 2.72. The highest BCUT2D eigenvalue weighted by Gasteiger charge is 2.23. The van der Waals surface area contributed by atoms with Crippen molar-refractivity contribution < 1.29 is 9.53 Å². The molecule has 7 nitrogen and oxygen atoms in total. The van der Waals surface area contributed by atoms with Gasteiger partial charge in [-0.1, -0.05) is 19.8 Å². The maximum absolute atomic E-state index is 11.7. The molecule has 1 aliphatic heterocycles. The van der Waals surface area contributed by atoms with Gasteiger partial charge in [-0.2, -0.15) is 4.98 Å². The molecular weight excluding hydrogens is 306 g/mol. The first-order chi connectivity index (χ1) is 11.7. The third-order valence-electron chi connectivity index (χ3n) is 4.10. The second-order valence-corrected chi connectivity index (χ2v) is 6.00. The van der Waals surface area contributed by atoms with Gasteiger partial charge in [-0.3, -0.25) is 0 Å². The Labute approximate surface area is 144 Å². The lowest BCUT2D eigenvalue weighted by molar-refractivity contribution is 0.0983. The minimum atomic E-state index is -0.217. The third kappa shape index (κ3) is 5.86. The Kier molecular flexibility index (Phi) is 7.58. The van der Waals surface area contributed by atoms with Crippen molar-refractivity contribution in [1.82, 2.24) is 14.9 Å². The van der Waals surface area contributed by atoms with Crippen LogP contribution in [0.15, 0.2) is 12.3 Å². The van der Waals surface area contributed by atoms with Gasteiger partial charge in [0.25, 0.3) is 0 Å². The van der Waals surface area contributed by atoms with E-state index in [0.717, 1.165) is 31.6 Å². The SMILES string of the molecule is CCCCCNc1ccnc(NC2CCN(C(=O)OCC)CC2)n1. The van der Waals surface area contributed by atoms with Gasteiger partial charge >= 0.3 is 6.09 Å². The molecule has 24 heavy (non-hydrogen) atoms. The second kappa shape index (κ2) is 9.95. The molecule has 1 aliphatic rings. The fourth-order valence-electron chi connectivity index (χ4n) is 2.72.